The molecule has 1 saturated heterocycles. The van der Waals surface area contributed by atoms with Crippen LogP contribution in [0.1, 0.15) is 11.1 Å². The zero-order valence-electron chi connectivity index (χ0n) is 15.8. The molecule has 7 nitrogen and oxygen atoms in total. The van der Waals surface area contributed by atoms with Crippen molar-refractivity contribution in [3.63, 3.8) is 0 Å². The first kappa shape index (κ1) is 19.4. The SMILES string of the molecule is Cc1ccccc1N1CC(Cc2ccccc2)N(C(=O)CNC(N)=O)CC1=O. The van der Waals surface area contributed by atoms with Crippen molar-refractivity contribution in [1.82, 2.24) is 10.2 Å². The van der Waals surface area contributed by atoms with Gasteiger partial charge in [-0.15, -0.1) is 0 Å². The van der Waals surface area contributed by atoms with Crippen LogP contribution in [0.3, 0.4) is 0 Å². The molecule has 28 heavy (non-hydrogen) atoms. The molecule has 0 aromatic heterocycles. The van der Waals surface area contributed by atoms with Crippen molar-refractivity contribution < 1.29 is 14.4 Å². The molecule has 3 rings (SSSR count). The molecule has 2 aromatic carbocycles. The molecule has 0 saturated carbocycles. The molecule has 0 spiro atoms. The zero-order chi connectivity index (χ0) is 20.1. The van der Waals surface area contributed by atoms with Gasteiger partial charge in [0.05, 0.1) is 12.6 Å². The zero-order valence-corrected chi connectivity index (χ0v) is 15.8. The number of piperazine rings is 1. The van der Waals surface area contributed by atoms with Gasteiger partial charge in [0, 0.05) is 12.2 Å². The Morgan fingerprint density at radius 2 is 1.79 bits per heavy atom. The number of para-hydroxylation sites is 1. The molecule has 1 aliphatic rings. The van der Waals surface area contributed by atoms with E-state index in [1.54, 1.807) is 9.80 Å². The van der Waals surface area contributed by atoms with Gasteiger partial charge in [0.25, 0.3) is 0 Å². The third kappa shape index (κ3) is 4.49. The van der Waals surface area contributed by atoms with Crippen molar-refractivity contribution in [3.8, 4) is 0 Å². The Balaban J connectivity index is 1.85. The Morgan fingerprint density at radius 1 is 1.11 bits per heavy atom. The number of amides is 4. The topological polar surface area (TPSA) is 95.7 Å². The summed E-state index contributed by atoms with van der Waals surface area (Å²) in [5.74, 6) is -0.469. The molecular formula is C21H24N4O3. The van der Waals surface area contributed by atoms with E-state index in [0.29, 0.717) is 13.0 Å². The number of urea groups is 1. The van der Waals surface area contributed by atoms with Crippen molar-refractivity contribution in [2.45, 2.75) is 19.4 Å². The molecule has 1 unspecified atom stereocenters. The second kappa shape index (κ2) is 8.56. The van der Waals surface area contributed by atoms with Gasteiger partial charge in [-0.25, -0.2) is 4.79 Å². The molecule has 7 heteroatoms. The summed E-state index contributed by atoms with van der Waals surface area (Å²) in [6.07, 6.45) is 0.610. The van der Waals surface area contributed by atoms with E-state index in [1.807, 2.05) is 61.5 Å². The smallest absolute Gasteiger partial charge is 0.312 e. The number of primary amides is 1. The van der Waals surface area contributed by atoms with Crippen LogP contribution in [-0.2, 0) is 16.0 Å². The average molecular weight is 380 g/mol. The minimum atomic E-state index is -0.766. The molecule has 146 valence electrons. The maximum Gasteiger partial charge on any atom is 0.312 e. The van der Waals surface area contributed by atoms with Crippen molar-refractivity contribution in [2.75, 3.05) is 24.5 Å². The molecule has 0 radical (unpaired) electrons. The van der Waals surface area contributed by atoms with E-state index >= 15 is 0 Å². The number of carbonyl (C=O) groups excluding carboxylic acids is 3. The first-order valence-electron chi connectivity index (χ1n) is 9.18. The molecular weight excluding hydrogens is 356 g/mol. The van der Waals surface area contributed by atoms with Crippen LogP contribution in [0, 0.1) is 6.92 Å². The van der Waals surface area contributed by atoms with Gasteiger partial charge in [0.15, 0.2) is 0 Å². The molecule has 2 aromatic rings. The molecule has 0 bridgehead atoms. The quantitative estimate of drug-likeness (QED) is 0.822. The number of nitrogens with two attached hydrogens (primary N) is 1. The van der Waals surface area contributed by atoms with Crippen molar-refractivity contribution in [1.29, 1.82) is 0 Å². The second-order valence-electron chi connectivity index (χ2n) is 6.87. The van der Waals surface area contributed by atoms with Crippen LogP contribution in [0.4, 0.5) is 10.5 Å². The summed E-state index contributed by atoms with van der Waals surface area (Å²) in [6, 6.07) is 16.6. The standard InChI is InChI=1S/C21H24N4O3/c1-15-7-5-6-10-18(15)25-13-17(11-16-8-3-2-4-9-16)24(14-20(25)27)19(26)12-23-21(22)28/h2-10,17H,11-14H2,1H3,(H3,22,23,28). The number of aryl methyl sites for hydroxylation is 1. The van der Waals surface area contributed by atoms with E-state index in [0.717, 1.165) is 16.8 Å². The Morgan fingerprint density at radius 3 is 2.46 bits per heavy atom. The number of benzene rings is 2. The highest BCUT2D eigenvalue weighted by Gasteiger charge is 2.36. The highest BCUT2D eigenvalue weighted by molar-refractivity contribution is 5.99. The number of hydrogen-bond acceptors (Lipinski definition) is 3. The number of hydrogen-bond donors (Lipinski definition) is 2. The summed E-state index contributed by atoms with van der Waals surface area (Å²) in [4.78, 5) is 39.7. The molecule has 3 N–H and O–H groups in total. The summed E-state index contributed by atoms with van der Waals surface area (Å²) < 4.78 is 0. The average Bonchev–Trinajstić information content (AvgIpc) is 2.68. The van der Waals surface area contributed by atoms with Gasteiger partial charge >= 0.3 is 6.03 Å². The lowest BCUT2D eigenvalue weighted by molar-refractivity contribution is -0.138. The van der Waals surface area contributed by atoms with Crippen molar-refractivity contribution in [2.24, 2.45) is 5.73 Å². The third-order valence-electron chi connectivity index (χ3n) is 4.90. The predicted octanol–water partition coefficient (Wildman–Crippen LogP) is 1.45. The number of nitrogens with zero attached hydrogens (tertiary/aromatic N) is 2. The monoisotopic (exact) mass is 380 g/mol. The molecule has 1 aliphatic heterocycles. The summed E-state index contributed by atoms with van der Waals surface area (Å²) in [6.45, 7) is 2.09. The maximum absolute atomic E-state index is 12.8. The Kier molecular flexibility index (Phi) is 5.93. The van der Waals surface area contributed by atoms with Gasteiger partial charge in [-0.1, -0.05) is 48.5 Å². The maximum atomic E-state index is 12.8. The van der Waals surface area contributed by atoms with Gasteiger partial charge < -0.3 is 20.9 Å². The number of nitrogens with one attached hydrogen (secondary N) is 1. The first-order chi connectivity index (χ1) is 13.5. The van der Waals surface area contributed by atoms with E-state index in [2.05, 4.69) is 5.32 Å². The second-order valence-corrected chi connectivity index (χ2v) is 6.87. The lowest BCUT2D eigenvalue weighted by Crippen LogP contribution is -2.60. The largest absolute Gasteiger partial charge is 0.352 e. The van der Waals surface area contributed by atoms with E-state index in [9.17, 15) is 14.4 Å². The fourth-order valence-electron chi connectivity index (χ4n) is 3.49. The van der Waals surface area contributed by atoms with Crippen molar-refractivity contribution in [3.05, 3.63) is 65.7 Å². The van der Waals surface area contributed by atoms with Gasteiger partial charge in [0.2, 0.25) is 11.8 Å². The van der Waals surface area contributed by atoms with Crippen LogP contribution in [0.25, 0.3) is 0 Å². The molecule has 0 aliphatic carbocycles. The third-order valence-corrected chi connectivity index (χ3v) is 4.90. The van der Waals surface area contributed by atoms with Gasteiger partial charge in [-0.2, -0.15) is 0 Å². The minimum Gasteiger partial charge on any atom is -0.352 e. The number of carbonyl (C=O) groups is 3. The van der Waals surface area contributed by atoms with Crippen LogP contribution in [0.5, 0.6) is 0 Å². The molecule has 4 amide bonds. The molecule has 1 heterocycles. The summed E-state index contributed by atoms with van der Waals surface area (Å²) in [5, 5.41) is 2.32. The number of rotatable bonds is 5. The Hall–Kier alpha value is -3.35. The van der Waals surface area contributed by atoms with Crippen LogP contribution in [0.2, 0.25) is 0 Å². The van der Waals surface area contributed by atoms with Gasteiger partial charge in [-0.3, -0.25) is 9.59 Å². The minimum absolute atomic E-state index is 0.0366. The number of anilines is 1. The van der Waals surface area contributed by atoms with Crippen LogP contribution < -0.4 is 16.0 Å². The summed E-state index contributed by atoms with van der Waals surface area (Å²) >= 11 is 0. The highest BCUT2D eigenvalue weighted by Crippen LogP contribution is 2.25. The van der Waals surface area contributed by atoms with E-state index in [1.165, 1.54) is 0 Å². The lowest BCUT2D eigenvalue weighted by Gasteiger charge is -2.41. The summed E-state index contributed by atoms with van der Waals surface area (Å²) in [7, 11) is 0. The van der Waals surface area contributed by atoms with Crippen LogP contribution in [0.15, 0.2) is 54.6 Å². The van der Waals surface area contributed by atoms with E-state index in [-0.39, 0.29) is 30.9 Å². The fraction of sp³-hybridized carbons (Fsp3) is 0.286. The van der Waals surface area contributed by atoms with Crippen LogP contribution in [-0.4, -0.2) is 48.4 Å². The lowest BCUT2D eigenvalue weighted by atomic mass is 10.0. The first-order valence-corrected chi connectivity index (χ1v) is 9.18. The molecule has 1 atom stereocenters. The van der Waals surface area contributed by atoms with Crippen molar-refractivity contribution >= 4 is 23.5 Å². The summed E-state index contributed by atoms with van der Waals surface area (Å²) in [5.41, 5.74) is 8.01. The van der Waals surface area contributed by atoms with Gasteiger partial charge in [-0.05, 0) is 30.5 Å². The van der Waals surface area contributed by atoms with Crippen LogP contribution >= 0.6 is 0 Å². The van der Waals surface area contributed by atoms with E-state index in [4.69, 9.17) is 5.73 Å². The fourth-order valence-corrected chi connectivity index (χ4v) is 3.49. The van der Waals surface area contributed by atoms with E-state index < -0.39 is 6.03 Å². The van der Waals surface area contributed by atoms with Gasteiger partial charge in [0.1, 0.15) is 6.54 Å². The highest BCUT2D eigenvalue weighted by atomic mass is 16.2. The normalized spacial score (nSPS) is 16.8. The molecule has 1 fully saturated rings. The Labute approximate surface area is 164 Å². The Bertz CT molecular complexity index is 869. The predicted molar refractivity (Wildman–Crippen MR) is 107 cm³/mol.